The van der Waals surface area contributed by atoms with Crippen LogP contribution in [0.5, 0.6) is 0 Å². The van der Waals surface area contributed by atoms with E-state index in [9.17, 15) is 8.42 Å². The molecule has 0 heterocycles. The Bertz CT molecular complexity index is 415. The van der Waals surface area contributed by atoms with Gasteiger partial charge in [0.2, 0.25) is 0 Å². The molecule has 0 spiro atoms. The summed E-state index contributed by atoms with van der Waals surface area (Å²) in [6.07, 6.45) is 28.9. The van der Waals surface area contributed by atoms with E-state index in [0.717, 1.165) is 6.42 Å². The van der Waals surface area contributed by atoms with Crippen molar-refractivity contribution in [2.45, 2.75) is 129 Å². The minimum Gasteiger partial charge on any atom is -0.286 e. The van der Waals surface area contributed by atoms with Crippen molar-refractivity contribution >= 4 is 10.1 Å². The Balaban J connectivity index is 3.10. The molecule has 0 rings (SSSR count). The third kappa shape index (κ3) is 25.7. The van der Waals surface area contributed by atoms with E-state index in [2.05, 4.69) is 6.92 Å². The number of unbranched alkanes of at least 4 members (excludes halogenated alkanes) is 17. The molecule has 27 heavy (non-hydrogen) atoms. The molecule has 0 fully saturated rings. The second-order valence-electron chi connectivity index (χ2n) is 7.99. The van der Waals surface area contributed by atoms with E-state index >= 15 is 0 Å². The maximum atomic E-state index is 10.6. The monoisotopic (exact) mass is 402 g/mol. The molecule has 0 saturated heterocycles. The lowest BCUT2D eigenvalue weighted by molar-refractivity contribution is 0.483. The molecule has 0 atom stereocenters. The van der Waals surface area contributed by atoms with Crippen LogP contribution in [0.3, 0.4) is 0 Å². The predicted octanol–water partition coefficient (Wildman–Crippen LogP) is 7.86. The molecule has 162 valence electrons. The highest BCUT2D eigenvalue weighted by Gasteiger charge is 2.00. The molecule has 0 radical (unpaired) electrons. The Morgan fingerprint density at radius 3 is 1.26 bits per heavy atom. The number of rotatable bonds is 21. The Morgan fingerprint density at radius 2 is 0.889 bits per heavy atom. The van der Waals surface area contributed by atoms with Gasteiger partial charge >= 0.3 is 0 Å². The topological polar surface area (TPSA) is 54.4 Å². The molecule has 0 unspecified atom stereocenters. The van der Waals surface area contributed by atoms with Crippen LogP contribution < -0.4 is 0 Å². The van der Waals surface area contributed by atoms with Crippen molar-refractivity contribution in [3.8, 4) is 0 Å². The Kier molecular flexibility index (Phi) is 20.1. The van der Waals surface area contributed by atoms with Crippen LogP contribution >= 0.6 is 0 Å². The molecule has 0 aliphatic carbocycles. The van der Waals surface area contributed by atoms with E-state index in [-0.39, 0.29) is 5.75 Å². The molecular formula is C23H46O3S. The van der Waals surface area contributed by atoms with Gasteiger partial charge in [0.15, 0.2) is 0 Å². The smallest absolute Gasteiger partial charge is 0.265 e. The van der Waals surface area contributed by atoms with E-state index in [1.54, 1.807) is 0 Å². The van der Waals surface area contributed by atoms with Gasteiger partial charge in [0.05, 0.1) is 5.75 Å². The summed E-state index contributed by atoms with van der Waals surface area (Å²) >= 11 is 0. The summed E-state index contributed by atoms with van der Waals surface area (Å²) in [4.78, 5) is 0. The average Bonchev–Trinajstić information content (AvgIpc) is 2.62. The molecule has 1 N–H and O–H groups in total. The van der Waals surface area contributed by atoms with Gasteiger partial charge in [-0.25, -0.2) is 0 Å². The highest BCUT2D eigenvalue weighted by atomic mass is 32.2. The normalized spacial score (nSPS) is 12.2. The molecule has 0 saturated carbocycles. The third-order valence-corrected chi connectivity index (χ3v) is 5.94. The van der Waals surface area contributed by atoms with Crippen molar-refractivity contribution in [2.24, 2.45) is 0 Å². The van der Waals surface area contributed by atoms with Crippen LogP contribution in [-0.2, 0) is 10.1 Å². The molecule has 0 aliphatic heterocycles. The van der Waals surface area contributed by atoms with Crippen molar-refractivity contribution in [1.29, 1.82) is 0 Å². The van der Waals surface area contributed by atoms with Crippen molar-refractivity contribution < 1.29 is 13.0 Å². The van der Waals surface area contributed by atoms with Crippen LogP contribution in [-0.4, -0.2) is 18.7 Å². The van der Waals surface area contributed by atoms with Gasteiger partial charge in [-0.1, -0.05) is 122 Å². The lowest BCUT2D eigenvalue weighted by Crippen LogP contribution is -2.01. The maximum Gasteiger partial charge on any atom is 0.265 e. The minimum absolute atomic E-state index is 0.164. The van der Waals surface area contributed by atoms with Crippen LogP contribution in [0, 0.1) is 0 Å². The van der Waals surface area contributed by atoms with Gasteiger partial charge in [0.1, 0.15) is 0 Å². The Morgan fingerprint density at radius 1 is 0.556 bits per heavy atom. The lowest BCUT2D eigenvalue weighted by Gasteiger charge is -2.03. The highest BCUT2D eigenvalue weighted by molar-refractivity contribution is 7.85. The average molecular weight is 403 g/mol. The van der Waals surface area contributed by atoms with Crippen molar-refractivity contribution in [3.05, 3.63) is 12.2 Å². The second-order valence-corrected chi connectivity index (χ2v) is 9.56. The quantitative estimate of drug-likeness (QED) is 0.121. The number of hydrogen-bond donors (Lipinski definition) is 1. The Labute approximate surface area is 170 Å². The van der Waals surface area contributed by atoms with Crippen LogP contribution in [0.1, 0.15) is 129 Å². The molecule has 0 aromatic carbocycles. The first-order chi connectivity index (χ1) is 13.1. The van der Waals surface area contributed by atoms with Gasteiger partial charge in [-0.2, -0.15) is 8.42 Å². The summed E-state index contributed by atoms with van der Waals surface area (Å²) in [6.45, 7) is 2.28. The van der Waals surface area contributed by atoms with E-state index in [1.165, 1.54) is 109 Å². The van der Waals surface area contributed by atoms with Crippen molar-refractivity contribution in [1.82, 2.24) is 0 Å². The molecule has 0 bridgehead atoms. The first-order valence-corrected chi connectivity index (χ1v) is 13.3. The second kappa shape index (κ2) is 20.4. The summed E-state index contributed by atoms with van der Waals surface area (Å²) in [5, 5.41) is 0. The number of hydrogen-bond acceptors (Lipinski definition) is 2. The summed E-state index contributed by atoms with van der Waals surface area (Å²) in [5.74, 6) is -0.164. The summed E-state index contributed by atoms with van der Waals surface area (Å²) < 4.78 is 29.7. The van der Waals surface area contributed by atoms with Crippen LogP contribution in [0.4, 0.5) is 0 Å². The first kappa shape index (κ1) is 26.6. The SMILES string of the molecule is CCCCCCCCCCCCCCCCCCC/C=C/CCS(=O)(=O)O. The van der Waals surface area contributed by atoms with E-state index in [0.29, 0.717) is 6.42 Å². The molecule has 4 heteroatoms. The van der Waals surface area contributed by atoms with Gasteiger partial charge in [-0.15, -0.1) is 0 Å². The van der Waals surface area contributed by atoms with E-state index < -0.39 is 10.1 Å². The van der Waals surface area contributed by atoms with E-state index in [4.69, 9.17) is 4.55 Å². The molecule has 3 nitrogen and oxygen atoms in total. The van der Waals surface area contributed by atoms with Crippen LogP contribution in [0.25, 0.3) is 0 Å². The fraction of sp³-hybridized carbons (Fsp3) is 0.913. The number of allylic oxidation sites excluding steroid dienone is 2. The zero-order valence-electron chi connectivity index (χ0n) is 18.0. The summed E-state index contributed by atoms with van der Waals surface area (Å²) in [6, 6.07) is 0. The molecule has 0 aliphatic rings. The first-order valence-electron chi connectivity index (χ1n) is 11.7. The highest BCUT2D eigenvalue weighted by Crippen LogP contribution is 2.14. The van der Waals surface area contributed by atoms with Gasteiger partial charge in [-0.05, 0) is 19.3 Å². The molecule has 0 aromatic rings. The molecule has 0 aromatic heterocycles. The molecular weight excluding hydrogens is 356 g/mol. The zero-order valence-corrected chi connectivity index (χ0v) is 18.8. The summed E-state index contributed by atoms with van der Waals surface area (Å²) in [7, 11) is -3.80. The van der Waals surface area contributed by atoms with Gasteiger partial charge in [-0.3, -0.25) is 4.55 Å². The van der Waals surface area contributed by atoms with Crippen molar-refractivity contribution in [2.75, 3.05) is 5.75 Å². The largest absolute Gasteiger partial charge is 0.286 e. The molecule has 0 amide bonds. The zero-order chi connectivity index (χ0) is 20.1. The fourth-order valence-electron chi connectivity index (χ4n) is 3.44. The summed E-state index contributed by atoms with van der Waals surface area (Å²) in [5.41, 5.74) is 0. The third-order valence-electron chi connectivity index (χ3n) is 5.18. The fourth-order valence-corrected chi connectivity index (χ4v) is 3.87. The van der Waals surface area contributed by atoms with Gasteiger partial charge in [0, 0.05) is 0 Å². The van der Waals surface area contributed by atoms with Crippen molar-refractivity contribution in [3.63, 3.8) is 0 Å². The van der Waals surface area contributed by atoms with Gasteiger partial charge in [0.25, 0.3) is 10.1 Å². The predicted molar refractivity (Wildman–Crippen MR) is 119 cm³/mol. The Hall–Kier alpha value is -0.350. The van der Waals surface area contributed by atoms with E-state index in [1.807, 2.05) is 12.2 Å². The lowest BCUT2D eigenvalue weighted by atomic mass is 10.0. The minimum atomic E-state index is -3.80. The van der Waals surface area contributed by atoms with Crippen LogP contribution in [0.2, 0.25) is 0 Å². The standard InChI is InChI=1S/C23H46O3S/c1-2-3-4-5-6-7-8-9-10-11-12-13-14-15-16-17-18-19-20-21-22-23-27(24,25)26/h20-21H,2-19,22-23H2,1H3,(H,24,25,26)/b21-20+. The maximum absolute atomic E-state index is 10.6. The van der Waals surface area contributed by atoms with Crippen LogP contribution in [0.15, 0.2) is 12.2 Å². The van der Waals surface area contributed by atoms with Gasteiger partial charge < -0.3 is 0 Å².